The molecule has 0 N–H and O–H groups in total. The Morgan fingerprint density at radius 3 is 0.520 bits per heavy atom. The van der Waals surface area contributed by atoms with Crippen LogP contribution >= 0.6 is 12.6 Å². The predicted molar refractivity (Wildman–Crippen MR) is 114 cm³/mol. The predicted octanol–water partition coefficient (Wildman–Crippen LogP) is 2.64. The zero-order valence-corrected chi connectivity index (χ0v) is 20.8. The van der Waals surface area contributed by atoms with Crippen LogP contribution in [0.25, 0.3) is 0 Å². The molecule has 0 saturated heterocycles. The smallest absolute Gasteiger partial charge is 0.149 e. The molecule has 0 unspecified atom stereocenters. The van der Waals surface area contributed by atoms with E-state index in [-0.39, 0.29) is 15.7 Å². The molecule has 25 heavy (non-hydrogen) atoms. The Labute approximate surface area is 162 Å². The molecule has 6 nitrogen and oxygen atoms in total. The highest BCUT2D eigenvalue weighted by molar-refractivity contribution is 7.91. The third-order valence-corrected chi connectivity index (χ3v) is 7.71. The molecule has 158 valence electrons. The van der Waals surface area contributed by atoms with Crippen LogP contribution in [0.15, 0.2) is 0 Å². The summed E-state index contributed by atoms with van der Waals surface area (Å²) in [6.07, 6.45) is 3.70. The normalized spacial score (nSPS) is 12.0. The second-order valence-corrected chi connectivity index (χ2v) is 15.6. The molecular formula is C15H38O6S4. The minimum atomic E-state index is -2.74. The van der Waals surface area contributed by atoms with E-state index in [1.165, 1.54) is 18.8 Å². The highest BCUT2D eigenvalue weighted by Crippen LogP contribution is 1.93. The Bertz CT molecular complexity index is 525. The lowest BCUT2D eigenvalue weighted by Gasteiger charge is -1.96. The van der Waals surface area contributed by atoms with Crippen molar-refractivity contribution in [1.29, 1.82) is 0 Å². The molecule has 0 fully saturated rings. The van der Waals surface area contributed by atoms with Gasteiger partial charge in [0.1, 0.15) is 29.5 Å². The highest BCUT2D eigenvalue weighted by Gasteiger charge is 2.06. The van der Waals surface area contributed by atoms with Gasteiger partial charge in [0.15, 0.2) is 0 Å². The van der Waals surface area contributed by atoms with Crippen LogP contribution in [-0.2, 0) is 29.5 Å². The monoisotopic (exact) mass is 442 g/mol. The summed E-state index contributed by atoms with van der Waals surface area (Å²) in [6.45, 7) is 14.0. The number of rotatable bonds is 3. The third kappa shape index (κ3) is 36.0. The minimum Gasteiger partial charge on any atom is -0.229 e. The minimum absolute atomic E-state index is 0.229. The van der Waals surface area contributed by atoms with Crippen molar-refractivity contribution in [3.05, 3.63) is 0 Å². The quantitative estimate of drug-likeness (QED) is 0.674. The number of thiol groups is 1. The maximum Gasteiger partial charge on any atom is 0.149 e. The molecule has 0 bridgehead atoms. The van der Waals surface area contributed by atoms with E-state index >= 15 is 0 Å². The van der Waals surface area contributed by atoms with Crippen LogP contribution < -0.4 is 0 Å². The Kier molecular flexibility index (Phi) is 18.8. The SMILES string of the molecule is CC(C)S.CC(C)S(C)(=O)=O.CC(C)S(C)(=O)=O.CC(C)S(C)(=O)=O. The first kappa shape index (κ1) is 32.8. The maximum atomic E-state index is 10.3. The molecule has 0 rings (SSSR count). The zero-order valence-electron chi connectivity index (χ0n) is 17.4. The van der Waals surface area contributed by atoms with E-state index in [4.69, 9.17) is 0 Å². The first-order chi connectivity index (χ1) is 10.6. The van der Waals surface area contributed by atoms with Crippen molar-refractivity contribution >= 4 is 42.1 Å². The van der Waals surface area contributed by atoms with Crippen LogP contribution in [0.4, 0.5) is 0 Å². The highest BCUT2D eigenvalue weighted by atomic mass is 32.2. The number of sulfone groups is 3. The summed E-state index contributed by atoms with van der Waals surface area (Å²) in [5.74, 6) is 0. The lowest BCUT2D eigenvalue weighted by atomic mass is 10.6. The van der Waals surface area contributed by atoms with Crippen molar-refractivity contribution in [2.75, 3.05) is 18.8 Å². The molecule has 0 spiro atoms. The standard InChI is InChI=1S/3C4H10O2S.C3H8S/c3*1-4(2)7(3,5)6;1-3(2)4/h3*4H,1-3H3;3-4H,1-2H3. The Morgan fingerprint density at radius 2 is 0.520 bits per heavy atom. The number of hydrogen-bond acceptors (Lipinski definition) is 7. The average molecular weight is 443 g/mol. The lowest BCUT2D eigenvalue weighted by molar-refractivity contribution is 0.592. The van der Waals surface area contributed by atoms with E-state index in [1.807, 2.05) is 13.8 Å². The maximum absolute atomic E-state index is 10.3. The van der Waals surface area contributed by atoms with Crippen molar-refractivity contribution in [2.45, 2.75) is 76.4 Å². The fraction of sp³-hybridized carbons (Fsp3) is 1.00. The molecule has 10 heteroatoms. The lowest BCUT2D eigenvalue weighted by Crippen LogP contribution is -2.10. The largest absolute Gasteiger partial charge is 0.229 e. The molecule has 0 aliphatic carbocycles. The second-order valence-electron chi connectivity index (χ2n) is 6.73. The van der Waals surface area contributed by atoms with E-state index in [9.17, 15) is 25.3 Å². The van der Waals surface area contributed by atoms with Gasteiger partial charge in [0.25, 0.3) is 0 Å². The van der Waals surface area contributed by atoms with Gasteiger partial charge in [-0.3, -0.25) is 0 Å². The van der Waals surface area contributed by atoms with Gasteiger partial charge in [-0.1, -0.05) is 13.8 Å². The zero-order chi connectivity index (χ0) is 21.8. The topological polar surface area (TPSA) is 102 Å². The van der Waals surface area contributed by atoms with Crippen molar-refractivity contribution in [1.82, 2.24) is 0 Å². The van der Waals surface area contributed by atoms with Crippen molar-refractivity contribution in [3.63, 3.8) is 0 Å². The molecule has 0 radical (unpaired) electrons. The summed E-state index contributed by atoms with van der Waals surface area (Å²) >= 11 is 3.97. The van der Waals surface area contributed by atoms with E-state index in [0.29, 0.717) is 5.25 Å². The molecule has 0 saturated carbocycles. The summed E-state index contributed by atoms with van der Waals surface area (Å²) in [7, 11) is -8.22. The second kappa shape index (κ2) is 14.3. The van der Waals surface area contributed by atoms with E-state index < -0.39 is 29.5 Å². The van der Waals surface area contributed by atoms with Gasteiger partial charge >= 0.3 is 0 Å². The molecule has 0 aromatic carbocycles. The Morgan fingerprint density at radius 1 is 0.480 bits per heavy atom. The van der Waals surface area contributed by atoms with Gasteiger partial charge in [-0.25, -0.2) is 25.3 Å². The van der Waals surface area contributed by atoms with E-state index in [2.05, 4.69) is 12.6 Å². The summed E-state index contributed by atoms with van der Waals surface area (Å²) in [4.78, 5) is 0. The Hall–Kier alpha value is 0.200. The molecule has 0 aliphatic rings. The van der Waals surface area contributed by atoms with Crippen molar-refractivity contribution in [2.24, 2.45) is 0 Å². The van der Waals surface area contributed by atoms with Gasteiger partial charge in [0.05, 0.1) is 15.7 Å². The van der Waals surface area contributed by atoms with E-state index in [0.717, 1.165) is 0 Å². The van der Waals surface area contributed by atoms with Crippen LogP contribution in [0.1, 0.15) is 55.4 Å². The first-order valence-corrected chi connectivity index (χ1v) is 14.2. The number of hydrogen-bond donors (Lipinski definition) is 1. The Balaban J connectivity index is -0.000000120. The van der Waals surface area contributed by atoms with Crippen LogP contribution in [0.3, 0.4) is 0 Å². The van der Waals surface area contributed by atoms with Gasteiger partial charge in [-0.2, -0.15) is 12.6 Å². The van der Waals surface area contributed by atoms with Crippen LogP contribution in [0, 0.1) is 0 Å². The summed E-state index contributed by atoms with van der Waals surface area (Å²) in [5, 5.41) is -0.160. The van der Waals surface area contributed by atoms with Crippen molar-refractivity contribution in [3.8, 4) is 0 Å². The molecule has 0 aromatic heterocycles. The van der Waals surface area contributed by atoms with E-state index in [1.54, 1.807) is 41.5 Å². The first-order valence-electron chi connectivity index (χ1n) is 7.81. The average Bonchev–Trinajstić information content (AvgIpc) is 2.25. The summed E-state index contributed by atoms with van der Waals surface area (Å²) in [6, 6.07) is 0. The molecule has 0 amide bonds. The van der Waals surface area contributed by atoms with Crippen LogP contribution in [0.5, 0.6) is 0 Å². The van der Waals surface area contributed by atoms with Gasteiger partial charge in [0.2, 0.25) is 0 Å². The molecular weight excluding hydrogens is 404 g/mol. The van der Waals surface area contributed by atoms with Gasteiger partial charge in [-0.05, 0) is 46.8 Å². The van der Waals surface area contributed by atoms with Gasteiger partial charge in [-0.15, -0.1) is 0 Å². The fourth-order valence-corrected chi connectivity index (χ4v) is 0. The molecule has 0 aromatic rings. The molecule has 0 heterocycles. The summed E-state index contributed by atoms with van der Waals surface area (Å²) in [5.41, 5.74) is 0. The summed E-state index contributed by atoms with van der Waals surface area (Å²) < 4.78 is 62.0. The van der Waals surface area contributed by atoms with Gasteiger partial charge in [0, 0.05) is 18.8 Å². The van der Waals surface area contributed by atoms with Crippen LogP contribution in [-0.4, -0.2) is 65.0 Å². The van der Waals surface area contributed by atoms with Crippen molar-refractivity contribution < 1.29 is 25.3 Å². The van der Waals surface area contributed by atoms with Gasteiger partial charge < -0.3 is 0 Å². The molecule has 0 aliphatic heterocycles. The third-order valence-electron chi connectivity index (χ3n) is 2.57. The van der Waals surface area contributed by atoms with Crippen LogP contribution in [0.2, 0.25) is 0 Å². The fourth-order valence-electron chi connectivity index (χ4n) is 0. The molecule has 0 atom stereocenters.